The minimum atomic E-state index is 0.480. The molecular formula is C27H31NS. The van der Waals surface area contributed by atoms with E-state index in [0.29, 0.717) is 5.92 Å². The topological polar surface area (TPSA) is 4.93 Å². The van der Waals surface area contributed by atoms with Crippen molar-refractivity contribution in [3.63, 3.8) is 0 Å². The summed E-state index contributed by atoms with van der Waals surface area (Å²) in [6, 6.07) is 11.2. The van der Waals surface area contributed by atoms with Crippen LogP contribution in [0.1, 0.15) is 56.7 Å². The van der Waals surface area contributed by atoms with E-state index in [4.69, 9.17) is 0 Å². The van der Waals surface area contributed by atoms with Crippen molar-refractivity contribution < 1.29 is 0 Å². The normalized spacial score (nSPS) is 13.6. The van der Waals surface area contributed by atoms with Gasteiger partial charge in [-0.15, -0.1) is 11.3 Å². The van der Waals surface area contributed by atoms with Crippen molar-refractivity contribution in [3.8, 4) is 5.69 Å². The van der Waals surface area contributed by atoms with Gasteiger partial charge in [-0.25, -0.2) is 0 Å². The van der Waals surface area contributed by atoms with Crippen LogP contribution in [0, 0.1) is 19.8 Å². The lowest BCUT2D eigenvalue weighted by atomic mass is 9.89. The third-order valence-corrected chi connectivity index (χ3v) is 7.52. The molecule has 4 rings (SSSR count). The molecule has 0 bridgehead atoms. The van der Waals surface area contributed by atoms with Gasteiger partial charge in [-0.1, -0.05) is 52.0 Å². The number of aryl methyl sites for hydroxylation is 2. The molecule has 0 aliphatic carbocycles. The van der Waals surface area contributed by atoms with E-state index >= 15 is 0 Å². The third-order valence-electron chi connectivity index (χ3n) is 6.25. The number of allylic oxidation sites excluding steroid dienone is 1. The van der Waals surface area contributed by atoms with Crippen LogP contribution in [-0.4, -0.2) is 4.57 Å². The molecular weight excluding hydrogens is 370 g/mol. The highest BCUT2D eigenvalue weighted by Gasteiger charge is 2.20. The highest BCUT2D eigenvalue weighted by Crippen LogP contribution is 2.38. The van der Waals surface area contributed by atoms with E-state index in [9.17, 15) is 0 Å². The SMILES string of the molecule is C=C(c1cn2c3ccccc3sc3c(C)c(C)cc(c3-2)/c1=C\CC)C(C)CCC. The number of benzene rings is 2. The van der Waals surface area contributed by atoms with Gasteiger partial charge in [0.05, 0.1) is 20.6 Å². The Hall–Kier alpha value is -2.32. The Bertz CT molecular complexity index is 1250. The summed E-state index contributed by atoms with van der Waals surface area (Å²) in [6.45, 7) is 15.9. The van der Waals surface area contributed by atoms with Gasteiger partial charge in [0.1, 0.15) is 0 Å². The molecule has 2 heteroatoms. The quantitative estimate of drug-likeness (QED) is 0.237. The number of pyridine rings is 1. The summed E-state index contributed by atoms with van der Waals surface area (Å²) < 4.78 is 5.14. The fraction of sp³-hybridized carbons (Fsp3) is 0.333. The highest BCUT2D eigenvalue weighted by molar-refractivity contribution is 7.24. The molecule has 0 spiro atoms. The van der Waals surface area contributed by atoms with Crippen LogP contribution in [0.2, 0.25) is 0 Å². The summed E-state index contributed by atoms with van der Waals surface area (Å²) in [4.78, 5) is 0. The van der Waals surface area contributed by atoms with Crippen LogP contribution in [-0.2, 0) is 0 Å². The number of aromatic nitrogens is 1. The molecule has 2 heterocycles. The zero-order chi connectivity index (χ0) is 20.7. The maximum absolute atomic E-state index is 4.57. The van der Waals surface area contributed by atoms with Crippen molar-refractivity contribution in [1.82, 2.24) is 4.57 Å². The average molecular weight is 402 g/mol. The van der Waals surface area contributed by atoms with Crippen LogP contribution < -0.4 is 5.22 Å². The molecule has 1 atom stereocenters. The zero-order valence-electron chi connectivity index (χ0n) is 18.3. The average Bonchev–Trinajstić information content (AvgIpc) is 2.72. The predicted molar refractivity (Wildman–Crippen MR) is 131 cm³/mol. The second kappa shape index (κ2) is 7.84. The summed E-state index contributed by atoms with van der Waals surface area (Å²) in [5.74, 6) is 0.480. The van der Waals surface area contributed by atoms with Gasteiger partial charge >= 0.3 is 0 Å². The molecule has 2 aliphatic rings. The molecule has 0 aromatic heterocycles. The molecule has 0 radical (unpaired) electrons. The summed E-state index contributed by atoms with van der Waals surface area (Å²) in [7, 11) is 0. The van der Waals surface area contributed by atoms with Crippen molar-refractivity contribution in [2.24, 2.45) is 5.92 Å². The van der Waals surface area contributed by atoms with Gasteiger partial charge in [0.2, 0.25) is 0 Å². The Labute approximate surface area is 178 Å². The summed E-state index contributed by atoms with van der Waals surface area (Å²) in [6.07, 6.45) is 8.13. The van der Waals surface area contributed by atoms with Gasteiger partial charge in [0, 0.05) is 17.1 Å². The van der Waals surface area contributed by atoms with Gasteiger partial charge in [0.15, 0.2) is 0 Å². The summed E-state index contributed by atoms with van der Waals surface area (Å²) >= 11 is 1.91. The van der Waals surface area contributed by atoms with Crippen molar-refractivity contribution in [3.05, 3.63) is 65.0 Å². The first-order chi connectivity index (χ1) is 14.0. The van der Waals surface area contributed by atoms with Crippen molar-refractivity contribution in [1.29, 1.82) is 0 Å². The molecule has 1 nitrogen and oxygen atoms in total. The Morgan fingerprint density at radius 3 is 2.69 bits per heavy atom. The third kappa shape index (κ3) is 3.24. The van der Waals surface area contributed by atoms with Gasteiger partial charge in [-0.3, -0.25) is 0 Å². The number of para-hydroxylation sites is 1. The van der Waals surface area contributed by atoms with Crippen LogP contribution in [0.5, 0.6) is 0 Å². The minimum absolute atomic E-state index is 0.480. The zero-order valence-corrected chi connectivity index (χ0v) is 19.1. The largest absolute Gasteiger partial charge is 0.313 e. The Kier molecular flexibility index (Phi) is 5.40. The van der Waals surface area contributed by atoms with Crippen molar-refractivity contribution >= 4 is 43.3 Å². The molecule has 2 aliphatic heterocycles. The molecule has 150 valence electrons. The Morgan fingerprint density at radius 1 is 1.21 bits per heavy atom. The lowest BCUT2D eigenvalue weighted by Crippen LogP contribution is -2.19. The Balaban J connectivity index is 2.23. The van der Waals surface area contributed by atoms with E-state index in [1.54, 1.807) is 0 Å². The lowest BCUT2D eigenvalue weighted by molar-refractivity contribution is 0.650. The van der Waals surface area contributed by atoms with E-state index in [0.717, 1.165) is 6.42 Å². The molecule has 2 aromatic rings. The number of nitrogens with zero attached hydrogens (tertiary/aromatic N) is 1. The number of rotatable bonds is 5. The molecule has 0 amide bonds. The fourth-order valence-electron chi connectivity index (χ4n) is 4.44. The molecule has 29 heavy (non-hydrogen) atoms. The molecule has 1 unspecified atom stereocenters. The van der Waals surface area contributed by atoms with Crippen molar-refractivity contribution in [2.75, 3.05) is 0 Å². The predicted octanol–water partition coefficient (Wildman–Crippen LogP) is 7.82. The number of fused-ring (bicyclic) bond motifs is 2. The second-order valence-corrected chi connectivity index (χ2v) is 9.32. The molecule has 0 saturated heterocycles. The van der Waals surface area contributed by atoms with E-state index in [2.05, 4.69) is 88.4 Å². The van der Waals surface area contributed by atoms with Crippen LogP contribution in [0.15, 0.2) is 43.1 Å². The smallest absolute Gasteiger partial charge is 0.0710 e. The first-order valence-electron chi connectivity index (χ1n) is 10.8. The van der Waals surface area contributed by atoms with E-state index in [1.165, 1.54) is 66.3 Å². The number of hydrogen-bond acceptors (Lipinski definition) is 1. The Morgan fingerprint density at radius 2 is 1.97 bits per heavy atom. The maximum atomic E-state index is 4.57. The maximum Gasteiger partial charge on any atom is 0.0710 e. The first-order valence-corrected chi connectivity index (χ1v) is 11.6. The summed E-state index contributed by atoms with van der Waals surface area (Å²) in [5.41, 5.74) is 7.93. The molecule has 0 saturated carbocycles. The number of hydrogen-bond donors (Lipinski definition) is 0. The van der Waals surface area contributed by atoms with Crippen LogP contribution in [0.25, 0.3) is 37.6 Å². The molecule has 0 fully saturated rings. The van der Waals surface area contributed by atoms with Gasteiger partial charge in [-0.05, 0) is 72.7 Å². The molecule has 2 aromatic carbocycles. The highest BCUT2D eigenvalue weighted by atomic mass is 32.1. The van der Waals surface area contributed by atoms with Gasteiger partial charge in [0.25, 0.3) is 0 Å². The van der Waals surface area contributed by atoms with E-state index in [1.807, 2.05) is 11.3 Å². The monoisotopic (exact) mass is 401 g/mol. The van der Waals surface area contributed by atoms with Crippen molar-refractivity contribution in [2.45, 2.75) is 53.9 Å². The van der Waals surface area contributed by atoms with Crippen LogP contribution in [0.4, 0.5) is 0 Å². The van der Waals surface area contributed by atoms with Gasteiger partial charge < -0.3 is 4.57 Å². The molecule has 0 N–H and O–H groups in total. The van der Waals surface area contributed by atoms with Crippen LogP contribution in [0.3, 0.4) is 0 Å². The summed E-state index contributed by atoms with van der Waals surface area (Å²) in [5, 5.41) is 2.71. The van der Waals surface area contributed by atoms with Crippen LogP contribution >= 0.6 is 11.3 Å². The van der Waals surface area contributed by atoms with Gasteiger partial charge in [-0.2, -0.15) is 0 Å². The lowest BCUT2D eigenvalue weighted by Gasteiger charge is -2.24. The second-order valence-electron chi connectivity index (χ2n) is 8.27. The van der Waals surface area contributed by atoms with E-state index in [-0.39, 0.29) is 0 Å². The fourth-order valence-corrected chi connectivity index (χ4v) is 5.70. The first kappa shape index (κ1) is 20.0. The minimum Gasteiger partial charge on any atom is -0.313 e. The standard InChI is InChI=1S/C27H31NS/c1-7-11-17(3)19(5)23-16-28-24-13-9-10-14-25(24)29-27-20(6)18(4)15-22(26(27)28)21(23)12-8-2/h9-10,12-17H,5,7-8,11H2,1-4,6H3/b21-12+. The van der Waals surface area contributed by atoms with E-state index < -0.39 is 0 Å².